The zero-order valence-corrected chi connectivity index (χ0v) is 16.8. The first-order chi connectivity index (χ1) is 14.0. The average molecular weight is 404 g/mol. The van der Waals surface area contributed by atoms with Gasteiger partial charge in [0.25, 0.3) is 0 Å². The average Bonchev–Trinajstić information content (AvgIpc) is 2.74. The van der Waals surface area contributed by atoms with E-state index in [1.165, 1.54) is 0 Å². The van der Waals surface area contributed by atoms with E-state index < -0.39 is 30.7 Å². The first-order valence-corrected chi connectivity index (χ1v) is 9.30. The van der Waals surface area contributed by atoms with Gasteiger partial charge < -0.3 is 39.9 Å². The lowest BCUT2D eigenvalue weighted by Gasteiger charge is -2.44. The van der Waals surface area contributed by atoms with E-state index in [1.54, 1.807) is 69.9 Å². The van der Waals surface area contributed by atoms with E-state index in [9.17, 15) is 0 Å². The molecule has 0 aromatic heterocycles. The van der Waals surface area contributed by atoms with Crippen molar-refractivity contribution in [1.29, 1.82) is 0 Å². The van der Waals surface area contributed by atoms with Crippen LogP contribution in [-0.2, 0) is 18.9 Å². The van der Waals surface area contributed by atoms with Crippen LogP contribution in [0.5, 0.6) is 11.5 Å². The quantitative estimate of drug-likeness (QED) is 0.644. The summed E-state index contributed by atoms with van der Waals surface area (Å²) in [6.45, 7) is 0.236. The molecule has 0 radical (unpaired) electrons. The molecular weight excluding hydrogens is 376 g/mol. The van der Waals surface area contributed by atoms with Gasteiger partial charge in [0.1, 0.15) is 42.5 Å². The van der Waals surface area contributed by atoms with Gasteiger partial charge in [-0.2, -0.15) is 0 Å². The van der Waals surface area contributed by atoms with Crippen LogP contribution < -0.4 is 20.9 Å². The van der Waals surface area contributed by atoms with Crippen LogP contribution in [0.25, 0.3) is 0 Å². The maximum atomic E-state index is 6.17. The first-order valence-electron chi connectivity index (χ1n) is 9.30. The van der Waals surface area contributed by atoms with Gasteiger partial charge in [0, 0.05) is 32.7 Å². The largest absolute Gasteiger partial charge is 0.491 e. The van der Waals surface area contributed by atoms with Crippen molar-refractivity contribution in [3.8, 4) is 11.5 Å². The van der Waals surface area contributed by atoms with Crippen molar-refractivity contribution < 1.29 is 28.4 Å². The third kappa shape index (κ3) is 5.10. The molecule has 0 unspecified atom stereocenters. The highest BCUT2D eigenvalue weighted by atomic mass is 16.7. The van der Waals surface area contributed by atoms with Gasteiger partial charge in [0.15, 0.2) is 0 Å². The van der Waals surface area contributed by atoms with Crippen molar-refractivity contribution in [2.24, 2.45) is 0 Å². The van der Waals surface area contributed by atoms with Crippen LogP contribution in [0.15, 0.2) is 48.5 Å². The van der Waals surface area contributed by atoms with E-state index in [4.69, 9.17) is 39.9 Å². The summed E-state index contributed by atoms with van der Waals surface area (Å²) in [6.07, 6.45) is -2.51. The lowest BCUT2D eigenvalue weighted by Crippen LogP contribution is -2.62. The Labute approximate surface area is 170 Å². The Morgan fingerprint density at radius 1 is 0.724 bits per heavy atom. The summed E-state index contributed by atoms with van der Waals surface area (Å²) in [5.41, 5.74) is 12.8. The molecule has 4 N–H and O–H groups in total. The Hall–Kier alpha value is -2.52. The zero-order chi connectivity index (χ0) is 20.8. The number of nitrogen functional groups attached to an aromatic ring is 2. The third-order valence-corrected chi connectivity index (χ3v) is 4.83. The Kier molecular flexibility index (Phi) is 7.16. The van der Waals surface area contributed by atoms with Crippen molar-refractivity contribution in [3.63, 3.8) is 0 Å². The highest BCUT2D eigenvalue weighted by Crippen LogP contribution is 2.30. The Morgan fingerprint density at radius 2 is 1.24 bits per heavy atom. The van der Waals surface area contributed by atoms with Gasteiger partial charge in [-0.05, 0) is 48.5 Å². The smallest absolute Gasteiger partial charge is 0.229 e. The molecule has 8 heteroatoms. The fourth-order valence-electron chi connectivity index (χ4n) is 3.33. The third-order valence-electron chi connectivity index (χ3n) is 4.83. The summed E-state index contributed by atoms with van der Waals surface area (Å²) in [7, 11) is 4.79. The number of methoxy groups -OCH3 is 3. The second-order valence-corrected chi connectivity index (χ2v) is 6.71. The number of hydrogen-bond acceptors (Lipinski definition) is 8. The van der Waals surface area contributed by atoms with Crippen LogP contribution in [0.2, 0.25) is 0 Å². The van der Waals surface area contributed by atoms with Crippen molar-refractivity contribution in [2.45, 2.75) is 30.7 Å². The highest BCUT2D eigenvalue weighted by molar-refractivity contribution is 5.42. The predicted molar refractivity (Wildman–Crippen MR) is 109 cm³/mol. The van der Waals surface area contributed by atoms with Gasteiger partial charge >= 0.3 is 0 Å². The molecule has 0 bridgehead atoms. The molecule has 8 nitrogen and oxygen atoms in total. The molecule has 3 rings (SSSR count). The minimum absolute atomic E-state index is 0.236. The normalized spacial score (nSPS) is 26.8. The maximum absolute atomic E-state index is 6.17. The molecule has 1 saturated heterocycles. The minimum Gasteiger partial charge on any atom is -0.491 e. The van der Waals surface area contributed by atoms with E-state index in [0.717, 1.165) is 0 Å². The molecule has 0 saturated carbocycles. The van der Waals surface area contributed by atoms with Gasteiger partial charge in [0.05, 0.1) is 0 Å². The molecule has 1 aliphatic heterocycles. The maximum Gasteiger partial charge on any atom is 0.229 e. The second kappa shape index (κ2) is 9.80. The van der Waals surface area contributed by atoms with E-state index in [0.29, 0.717) is 22.9 Å². The topological polar surface area (TPSA) is 107 Å². The predicted octanol–water partition coefficient (Wildman–Crippen LogP) is 2.08. The Bertz CT molecular complexity index is 755. The van der Waals surface area contributed by atoms with E-state index in [2.05, 4.69) is 0 Å². The summed E-state index contributed by atoms with van der Waals surface area (Å²) in [5, 5.41) is 0. The van der Waals surface area contributed by atoms with Gasteiger partial charge in [-0.1, -0.05) is 0 Å². The first kappa shape index (κ1) is 21.2. The molecule has 0 spiro atoms. The van der Waals surface area contributed by atoms with Gasteiger partial charge in [-0.25, -0.2) is 0 Å². The lowest BCUT2D eigenvalue weighted by molar-refractivity contribution is -0.290. The van der Waals surface area contributed by atoms with E-state index in [1.807, 2.05) is 0 Å². The molecule has 29 heavy (non-hydrogen) atoms. The van der Waals surface area contributed by atoms with Crippen LogP contribution in [-0.4, -0.2) is 58.6 Å². The SMILES string of the molecule is CO[C@H]1[C@@H](OC)[C@@H](COc2ccc(N)cc2)O[C@H](Oc2ccc(N)cc2)[C@@H]1OC. The van der Waals surface area contributed by atoms with Crippen molar-refractivity contribution >= 4 is 11.4 Å². The van der Waals surface area contributed by atoms with Crippen LogP contribution in [0.3, 0.4) is 0 Å². The van der Waals surface area contributed by atoms with E-state index >= 15 is 0 Å². The molecule has 1 heterocycles. The van der Waals surface area contributed by atoms with Crippen molar-refractivity contribution in [3.05, 3.63) is 48.5 Å². The van der Waals surface area contributed by atoms with Crippen molar-refractivity contribution in [1.82, 2.24) is 0 Å². The fraction of sp³-hybridized carbons (Fsp3) is 0.429. The zero-order valence-electron chi connectivity index (χ0n) is 16.8. The summed E-state index contributed by atoms with van der Waals surface area (Å²) in [5.74, 6) is 1.28. The monoisotopic (exact) mass is 404 g/mol. The summed E-state index contributed by atoms with van der Waals surface area (Å²) >= 11 is 0. The molecule has 0 amide bonds. The highest BCUT2D eigenvalue weighted by Gasteiger charge is 2.48. The van der Waals surface area contributed by atoms with E-state index in [-0.39, 0.29) is 6.61 Å². The number of rotatable bonds is 8. The fourth-order valence-corrected chi connectivity index (χ4v) is 3.33. The molecule has 2 aromatic rings. The molecule has 2 aromatic carbocycles. The second-order valence-electron chi connectivity index (χ2n) is 6.71. The van der Waals surface area contributed by atoms with Gasteiger partial charge in [-0.3, -0.25) is 0 Å². The van der Waals surface area contributed by atoms with Crippen LogP contribution in [0, 0.1) is 0 Å². The number of anilines is 2. The number of ether oxygens (including phenoxy) is 6. The number of nitrogens with two attached hydrogens (primary N) is 2. The molecule has 0 aliphatic carbocycles. The minimum atomic E-state index is -0.722. The lowest BCUT2D eigenvalue weighted by atomic mass is 9.98. The van der Waals surface area contributed by atoms with Crippen LogP contribution in [0.4, 0.5) is 11.4 Å². The molecular formula is C21H28N2O6. The van der Waals surface area contributed by atoms with Crippen LogP contribution >= 0.6 is 0 Å². The number of benzene rings is 2. The summed E-state index contributed by atoms with van der Waals surface area (Å²) < 4.78 is 35.0. The molecule has 158 valence electrons. The van der Waals surface area contributed by atoms with Crippen molar-refractivity contribution in [2.75, 3.05) is 39.4 Å². The summed E-state index contributed by atoms with van der Waals surface area (Å²) in [6, 6.07) is 14.2. The summed E-state index contributed by atoms with van der Waals surface area (Å²) in [4.78, 5) is 0. The number of hydrogen-bond donors (Lipinski definition) is 2. The Balaban J connectivity index is 1.76. The molecule has 5 atom stereocenters. The van der Waals surface area contributed by atoms with Gasteiger partial charge in [0.2, 0.25) is 6.29 Å². The Morgan fingerprint density at radius 3 is 1.76 bits per heavy atom. The van der Waals surface area contributed by atoms with Crippen LogP contribution in [0.1, 0.15) is 0 Å². The molecule has 1 fully saturated rings. The van der Waals surface area contributed by atoms with Gasteiger partial charge in [-0.15, -0.1) is 0 Å². The standard InChI is InChI=1S/C21H28N2O6/c1-24-18-17(12-27-15-8-4-13(22)5-9-15)29-21(20(26-3)19(18)25-2)28-16-10-6-14(23)7-11-16/h4-11,17-21H,12,22-23H2,1-3H3/t17-,18+,19+,20-,21+/m1/s1. The molecule has 1 aliphatic rings.